The molecule has 0 bridgehead atoms. The van der Waals surface area contributed by atoms with Gasteiger partial charge in [-0.15, -0.1) is 6.42 Å². The predicted molar refractivity (Wildman–Crippen MR) is 77.1 cm³/mol. The zero-order valence-electron chi connectivity index (χ0n) is 9.51. The van der Waals surface area contributed by atoms with Gasteiger partial charge >= 0.3 is 5.97 Å². The molecule has 0 atom stereocenters. The zero-order valence-corrected chi connectivity index (χ0v) is 13.5. The molecule has 0 saturated carbocycles. The SMILES string of the molecule is C#CCN(CC(=O)O)S(=O)(=O)c1cc(Br)ccc1Br. The topological polar surface area (TPSA) is 74.7 Å². The maximum Gasteiger partial charge on any atom is 0.318 e. The van der Waals surface area contributed by atoms with Crippen LogP contribution in [0.1, 0.15) is 0 Å². The van der Waals surface area contributed by atoms with E-state index in [1.165, 1.54) is 6.07 Å². The number of nitrogens with zero attached hydrogens (tertiary/aromatic N) is 1. The van der Waals surface area contributed by atoms with Crippen LogP contribution in [-0.4, -0.2) is 36.9 Å². The number of terminal acetylenes is 1. The Hall–Kier alpha value is -0.880. The number of halogens is 2. The molecule has 0 fully saturated rings. The first-order chi connectivity index (χ1) is 8.78. The van der Waals surface area contributed by atoms with Gasteiger partial charge in [-0.3, -0.25) is 4.79 Å². The molecule has 8 heteroatoms. The van der Waals surface area contributed by atoms with Gasteiger partial charge in [-0.25, -0.2) is 8.42 Å². The van der Waals surface area contributed by atoms with Crippen LogP contribution in [0.25, 0.3) is 0 Å². The summed E-state index contributed by atoms with van der Waals surface area (Å²) in [5.41, 5.74) is 0. The molecule has 0 aromatic heterocycles. The number of carbonyl (C=O) groups is 1. The fourth-order valence-electron chi connectivity index (χ4n) is 1.29. The summed E-state index contributed by atoms with van der Waals surface area (Å²) in [6.07, 6.45) is 5.08. The highest BCUT2D eigenvalue weighted by Gasteiger charge is 2.28. The van der Waals surface area contributed by atoms with Crippen LogP contribution in [0.5, 0.6) is 0 Å². The van der Waals surface area contributed by atoms with Crippen LogP contribution < -0.4 is 0 Å². The summed E-state index contributed by atoms with van der Waals surface area (Å²) in [7, 11) is -3.98. The Morgan fingerprint density at radius 1 is 1.42 bits per heavy atom. The van der Waals surface area contributed by atoms with Gasteiger partial charge < -0.3 is 5.11 Å². The number of benzene rings is 1. The van der Waals surface area contributed by atoms with E-state index in [-0.39, 0.29) is 11.4 Å². The number of rotatable bonds is 5. The number of sulfonamides is 1. The third-order valence-corrected chi connectivity index (χ3v) is 5.37. The number of carboxylic acid groups (broad SMARTS) is 1. The Labute approximate surface area is 127 Å². The Kier molecular flexibility index (Phi) is 5.55. The van der Waals surface area contributed by atoms with Crippen LogP contribution in [0, 0.1) is 12.3 Å². The van der Waals surface area contributed by atoms with E-state index in [1.54, 1.807) is 12.1 Å². The number of carboxylic acids is 1. The van der Waals surface area contributed by atoms with Crippen LogP contribution in [0.3, 0.4) is 0 Å². The fourth-order valence-corrected chi connectivity index (χ4v) is 4.06. The first-order valence-electron chi connectivity index (χ1n) is 4.89. The molecule has 0 amide bonds. The van der Waals surface area contributed by atoms with Gasteiger partial charge in [0.15, 0.2) is 0 Å². The minimum atomic E-state index is -3.98. The molecule has 0 spiro atoms. The lowest BCUT2D eigenvalue weighted by molar-refractivity contribution is -0.137. The van der Waals surface area contributed by atoms with E-state index in [0.717, 1.165) is 4.31 Å². The van der Waals surface area contributed by atoms with Crippen LogP contribution in [-0.2, 0) is 14.8 Å². The summed E-state index contributed by atoms with van der Waals surface area (Å²) in [4.78, 5) is 10.7. The molecule has 0 aliphatic heterocycles. The monoisotopic (exact) mass is 409 g/mol. The van der Waals surface area contributed by atoms with E-state index in [0.29, 0.717) is 8.95 Å². The molecule has 19 heavy (non-hydrogen) atoms. The highest BCUT2D eigenvalue weighted by molar-refractivity contribution is 9.11. The molecular formula is C11H9Br2NO4S. The van der Waals surface area contributed by atoms with Crippen molar-refractivity contribution in [1.82, 2.24) is 4.31 Å². The maximum atomic E-state index is 12.3. The molecule has 1 rings (SSSR count). The lowest BCUT2D eigenvalue weighted by atomic mass is 10.4. The molecule has 0 aliphatic carbocycles. The first-order valence-corrected chi connectivity index (χ1v) is 7.92. The van der Waals surface area contributed by atoms with Crippen molar-refractivity contribution in [3.05, 3.63) is 27.1 Å². The zero-order chi connectivity index (χ0) is 14.6. The van der Waals surface area contributed by atoms with Crippen LogP contribution in [0.2, 0.25) is 0 Å². The van der Waals surface area contributed by atoms with Crippen molar-refractivity contribution in [1.29, 1.82) is 0 Å². The summed E-state index contributed by atoms with van der Waals surface area (Å²) in [5, 5.41) is 8.75. The molecule has 0 unspecified atom stereocenters. The van der Waals surface area contributed by atoms with Gasteiger partial charge in [0.1, 0.15) is 6.54 Å². The van der Waals surface area contributed by atoms with Crippen molar-refractivity contribution in [2.45, 2.75) is 4.90 Å². The lowest BCUT2D eigenvalue weighted by Crippen LogP contribution is -2.36. The summed E-state index contributed by atoms with van der Waals surface area (Å²) in [6, 6.07) is 4.59. The van der Waals surface area contributed by atoms with Crippen molar-refractivity contribution in [3.8, 4) is 12.3 Å². The van der Waals surface area contributed by atoms with E-state index >= 15 is 0 Å². The number of hydrogen-bond acceptors (Lipinski definition) is 3. The maximum absolute atomic E-state index is 12.3. The van der Waals surface area contributed by atoms with E-state index in [1.807, 2.05) is 0 Å². The summed E-state index contributed by atoms with van der Waals surface area (Å²) >= 11 is 6.29. The van der Waals surface area contributed by atoms with Crippen LogP contribution in [0.4, 0.5) is 0 Å². The standard InChI is InChI=1S/C11H9Br2NO4S/c1-2-5-14(7-11(15)16)19(17,18)10-6-8(12)3-4-9(10)13/h1,3-4,6H,5,7H2,(H,15,16). The van der Waals surface area contributed by atoms with Gasteiger partial charge in [0.2, 0.25) is 10.0 Å². The highest BCUT2D eigenvalue weighted by Crippen LogP contribution is 2.28. The average Bonchev–Trinajstić information content (AvgIpc) is 2.31. The number of aliphatic carboxylic acids is 1. The fraction of sp³-hybridized carbons (Fsp3) is 0.182. The first kappa shape index (κ1) is 16.2. The Morgan fingerprint density at radius 2 is 2.05 bits per heavy atom. The minimum absolute atomic E-state index is 0.0432. The second-order valence-electron chi connectivity index (χ2n) is 3.45. The van der Waals surface area contributed by atoms with E-state index in [9.17, 15) is 13.2 Å². The molecule has 0 heterocycles. The van der Waals surface area contributed by atoms with Gasteiger partial charge in [0.05, 0.1) is 11.4 Å². The van der Waals surface area contributed by atoms with Gasteiger partial charge in [0.25, 0.3) is 0 Å². The van der Waals surface area contributed by atoms with Gasteiger partial charge in [-0.05, 0) is 34.1 Å². The third-order valence-electron chi connectivity index (χ3n) is 2.09. The summed E-state index contributed by atoms with van der Waals surface area (Å²) < 4.78 is 26.3. The number of hydrogen-bond donors (Lipinski definition) is 1. The molecule has 1 aromatic rings. The quantitative estimate of drug-likeness (QED) is 0.752. The Bertz CT molecular complexity index is 637. The van der Waals surface area contributed by atoms with Crippen molar-refractivity contribution in [2.75, 3.05) is 13.1 Å². The second-order valence-corrected chi connectivity index (χ2v) is 7.12. The molecular weight excluding hydrogens is 402 g/mol. The minimum Gasteiger partial charge on any atom is -0.480 e. The van der Waals surface area contributed by atoms with E-state index in [2.05, 4.69) is 37.8 Å². The third kappa shape index (κ3) is 4.04. The molecule has 0 saturated heterocycles. The molecule has 5 nitrogen and oxygen atoms in total. The van der Waals surface area contributed by atoms with E-state index < -0.39 is 22.5 Å². The predicted octanol–water partition coefficient (Wildman–Crippen LogP) is 1.92. The average molecular weight is 411 g/mol. The second kappa shape index (κ2) is 6.52. The molecule has 1 N–H and O–H groups in total. The van der Waals surface area contributed by atoms with Crippen molar-refractivity contribution < 1.29 is 18.3 Å². The van der Waals surface area contributed by atoms with Crippen molar-refractivity contribution in [3.63, 3.8) is 0 Å². The van der Waals surface area contributed by atoms with E-state index in [4.69, 9.17) is 11.5 Å². The Balaban J connectivity index is 3.30. The Morgan fingerprint density at radius 3 is 2.58 bits per heavy atom. The van der Waals surface area contributed by atoms with Crippen LogP contribution >= 0.6 is 31.9 Å². The van der Waals surface area contributed by atoms with Crippen molar-refractivity contribution in [2.24, 2.45) is 0 Å². The molecule has 102 valence electrons. The normalized spacial score (nSPS) is 11.3. The highest BCUT2D eigenvalue weighted by atomic mass is 79.9. The summed E-state index contributed by atoms with van der Waals surface area (Å²) in [5.74, 6) is 0.866. The summed E-state index contributed by atoms with van der Waals surface area (Å²) in [6.45, 7) is -1.00. The molecule has 0 aliphatic rings. The van der Waals surface area contributed by atoms with Crippen LogP contribution in [0.15, 0.2) is 32.0 Å². The van der Waals surface area contributed by atoms with Gasteiger partial charge in [-0.1, -0.05) is 21.9 Å². The van der Waals surface area contributed by atoms with Crippen molar-refractivity contribution >= 4 is 47.9 Å². The smallest absolute Gasteiger partial charge is 0.318 e. The largest absolute Gasteiger partial charge is 0.480 e. The molecule has 1 aromatic carbocycles. The molecule has 0 radical (unpaired) electrons. The van der Waals surface area contributed by atoms with Gasteiger partial charge in [0, 0.05) is 8.95 Å². The van der Waals surface area contributed by atoms with Gasteiger partial charge in [-0.2, -0.15) is 4.31 Å². The lowest BCUT2D eigenvalue weighted by Gasteiger charge is -2.18.